The van der Waals surface area contributed by atoms with Crippen LogP contribution in [0.1, 0.15) is 28.6 Å². The van der Waals surface area contributed by atoms with Gasteiger partial charge < -0.3 is 15.6 Å². The van der Waals surface area contributed by atoms with Crippen LogP contribution in [0.3, 0.4) is 0 Å². The van der Waals surface area contributed by atoms with Crippen molar-refractivity contribution in [3.63, 3.8) is 0 Å². The van der Waals surface area contributed by atoms with Crippen molar-refractivity contribution in [3.05, 3.63) is 46.8 Å². The van der Waals surface area contributed by atoms with E-state index in [4.69, 9.17) is 15.6 Å². The minimum atomic E-state index is -0.375. The number of aliphatic hydroxyl groups excluding tert-OH is 1. The number of ether oxygens (including phenoxy) is 1. The van der Waals surface area contributed by atoms with Crippen LogP contribution in [0.5, 0.6) is 5.75 Å². The number of hydrogen-bond acceptors (Lipinski definition) is 4. The van der Waals surface area contributed by atoms with Gasteiger partial charge in [-0.15, -0.1) is 0 Å². The molecule has 2 rings (SSSR count). The third-order valence-electron chi connectivity index (χ3n) is 3.35. The van der Waals surface area contributed by atoms with Crippen molar-refractivity contribution in [1.29, 1.82) is 0 Å². The van der Waals surface area contributed by atoms with E-state index in [1.807, 2.05) is 42.8 Å². The molecule has 3 N–H and O–H groups in total. The molecule has 0 fully saturated rings. The van der Waals surface area contributed by atoms with E-state index in [0.717, 1.165) is 28.3 Å². The summed E-state index contributed by atoms with van der Waals surface area (Å²) in [6.07, 6.45) is 0. The average Bonchev–Trinajstić information content (AvgIpc) is 2.76. The van der Waals surface area contributed by atoms with Crippen molar-refractivity contribution in [2.75, 3.05) is 13.7 Å². The van der Waals surface area contributed by atoms with Gasteiger partial charge in [0.1, 0.15) is 5.75 Å². The molecule has 0 spiro atoms. The lowest BCUT2D eigenvalue weighted by molar-refractivity contribution is 0.268. The Labute approximate surface area is 119 Å². The molecule has 1 atom stereocenters. The van der Waals surface area contributed by atoms with Gasteiger partial charge in [0, 0.05) is 11.3 Å². The molecule has 20 heavy (non-hydrogen) atoms. The van der Waals surface area contributed by atoms with Crippen LogP contribution in [-0.4, -0.2) is 28.6 Å². The van der Waals surface area contributed by atoms with E-state index in [2.05, 4.69) is 5.10 Å². The van der Waals surface area contributed by atoms with Gasteiger partial charge in [-0.1, -0.05) is 6.07 Å². The zero-order chi connectivity index (χ0) is 14.7. The number of nitrogens with two attached hydrogens (primary N) is 1. The van der Waals surface area contributed by atoms with Crippen LogP contribution in [0.25, 0.3) is 0 Å². The lowest BCUT2D eigenvalue weighted by atomic mass is 10.0. The molecule has 0 saturated carbocycles. The SMILES string of the molecule is COc1ccc([C@H](N)CO)cc1Cn1nc(C)cc1C. The van der Waals surface area contributed by atoms with Crippen LogP contribution >= 0.6 is 0 Å². The van der Waals surface area contributed by atoms with Crippen LogP contribution in [0.4, 0.5) is 0 Å². The smallest absolute Gasteiger partial charge is 0.123 e. The highest BCUT2D eigenvalue weighted by atomic mass is 16.5. The van der Waals surface area contributed by atoms with E-state index in [9.17, 15) is 0 Å². The Bertz CT molecular complexity index is 593. The summed E-state index contributed by atoms with van der Waals surface area (Å²) in [5.41, 5.74) is 9.85. The van der Waals surface area contributed by atoms with Gasteiger partial charge in [-0.2, -0.15) is 5.10 Å². The Balaban J connectivity index is 2.35. The number of aromatic nitrogens is 2. The molecule has 108 valence electrons. The molecular weight excluding hydrogens is 254 g/mol. The van der Waals surface area contributed by atoms with Crippen molar-refractivity contribution in [2.24, 2.45) is 5.73 Å². The molecule has 0 aliphatic rings. The average molecular weight is 275 g/mol. The van der Waals surface area contributed by atoms with Gasteiger partial charge in [0.05, 0.1) is 32.0 Å². The fourth-order valence-corrected chi connectivity index (χ4v) is 2.25. The Morgan fingerprint density at radius 1 is 1.35 bits per heavy atom. The first kappa shape index (κ1) is 14.6. The zero-order valence-electron chi connectivity index (χ0n) is 12.1. The molecule has 1 aromatic heterocycles. The summed E-state index contributed by atoms with van der Waals surface area (Å²) in [5.74, 6) is 0.798. The monoisotopic (exact) mass is 275 g/mol. The molecule has 0 saturated heterocycles. The highest BCUT2D eigenvalue weighted by Crippen LogP contribution is 2.24. The van der Waals surface area contributed by atoms with E-state index in [1.165, 1.54) is 0 Å². The molecule has 0 bridgehead atoms. The summed E-state index contributed by atoms with van der Waals surface area (Å²) >= 11 is 0. The molecule has 5 nitrogen and oxygen atoms in total. The Morgan fingerprint density at radius 3 is 2.65 bits per heavy atom. The van der Waals surface area contributed by atoms with E-state index in [0.29, 0.717) is 6.54 Å². The van der Waals surface area contributed by atoms with Crippen LogP contribution < -0.4 is 10.5 Å². The van der Waals surface area contributed by atoms with Gasteiger partial charge in [-0.05, 0) is 37.6 Å². The first-order chi connectivity index (χ1) is 9.55. The number of rotatable bonds is 5. The molecule has 1 aromatic carbocycles. The number of benzene rings is 1. The predicted octanol–water partition coefficient (Wildman–Crippen LogP) is 1.55. The number of hydrogen-bond donors (Lipinski definition) is 2. The van der Waals surface area contributed by atoms with Crippen LogP contribution in [0.15, 0.2) is 24.3 Å². The molecule has 1 heterocycles. The van der Waals surface area contributed by atoms with Crippen LogP contribution in [-0.2, 0) is 6.54 Å². The summed E-state index contributed by atoms with van der Waals surface area (Å²) in [6.45, 7) is 4.54. The largest absolute Gasteiger partial charge is 0.496 e. The number of aryl methyl sites for hydroxylation is 2. The topological polar surface area (TPSA) is 73.3 Å². The number of methoxy groups -OCH3 is 1. The Hall–Kier alpha value is -1.85. The first-order valence-electron chi connectivity index (χ1n) is 6.59. The second-order valence-corrected chi connectivity index (χ2v) is 4.95. The molecule has 0 unspecified atom stereocenters. The maximum absolute atomic E-state index is 9.17. The summed E-state index contributed by atoms with van der Waals surface area (Å²) in [7, 11) is 1.64. The second-order valence-electron chi connectivity index (χ2n) is 4.95. The summed E-state index contributed by atoms with van der Waals surface area (Å²) in [4.78, 5) is 0. The second kappa shape index (κ2) is 6.07. The van der Waals surface area contributed by atoms with Gasteiger partial charge in [0.25, 0.3) is 0 Å². The molecular formula is C15H21N3O2. The van der Waals surface area contributed by atoms with E-state index >= 15 is 0 Å². The number of aliphatic hydroxyl groups is 1. The standard InChI is InChI=1S/C15H21N3O2/c1-10-6-11(2)18(17-10)8-13-7-12(14(16)9-19)4-5-15(13)20-3/h4-7,14,19H,8-9,16H2,1-3H3/t14-/m1/s1. The van der Waals surface area contributed by atoms with E-state index < -0.39 is 0 Å². The van der Waals surface area contributed by atoms with Gasteiger partial charge in [-0.25, -0.2) is 0 Å². The number of nitrogens with zero attached hydrogens (tertiary/aromatic N) is 2. The highest BCUT2D eigenvalue weighted by Gasteiger charge is 2.11. The molecule has 0 aliphatic heterocycles. The van der Waals surface area contributed by atoms with Crippen molar-refractivity contribution >= 4 is 0 Å². The third kappa shape index (κ3) is 3.00. The van der Waals surface area contributed by atoms with Crippen molar-refractivity contribution in [3.8, 4) is 5.75 Å². The molecule has 5 heteroatoms. The van der Waals surface area contributed by atoms with E-state index in [1.54, 1.807) is 7.11 Å². The summed E-state index contributed by atoms with van der Waals surface area (Å²) < 4.78 is 7.32. The zero-order valence-corrected chi connectivity index (χ0v) is 12.1. The summed E-state index contributed by atoms with van der Waals surface area (Å²) in [6, 6.07) is 7.39. The lowest BCUT2D eigenvalue weighted by Gasteiger charge is -2.14. The Morgan fingerprint density at radius 2 is 2.10 bits per heavy atom. The fraction of sp³-hybridized carbons (Fsp3) is 0.400. The van der Waals surface area contributed by atoms with Crippen molar-refractivity contribution in [2.45, 2.75) is 26.4 Å². The van der Waals surface area contributed by atoms with Crippen LogP contribution in [0.2, 0.25) is 0 Å². The molecule has 2 aromatic rings. The van der Waals surface area contributed by atoms with Gasteiger partial charge in [-0.3, -0.25) is 4.68 Å². The predicted molar refractivity (Wildman–Crippen MR) is 77.8 cm³/mol. The summed E-state index contributed by atoms with van der Waals surface area (Å²) in [5, 5.41) is 13.6. The first-order valence-corrected chi connectivity index (χ1v) is 6.59. The normalized spacial score (nSPS) is 12.4. The van der Waals surface area contributed by atoms with E-state index in [-0.39, 0.29) is 12.6 Å². The molecule has 0 aliphatic carbocycles. The van der Waals surface area contributed by atoms with Crippen LogP contribution in [0, 0.1) is 13.8 Å². The third-order valence-corrected chi connectivity index (χ3v) is 3.35. The minimum Gasteiger partial charge on any atom is -0.496 e. The Kier molecular flexibility index (Phi) is 4.42. The maximum Gasteiger partial charge on any atom is 0.123 e. The van der Waals surface area contributed by atoms with Gasteiger partial charge >= 0.3 is 0 Å². The maximum atomic E-state index is 9.17. The fourth-order valence-electron chi connectivity index (χ4n) is 2.25. The lowest BCUT2D eigenvalue weighted by Crippen LogP contribution is -2.15. The molecule has 0 radical (unpaired) electrons. The molecule has 0 amide bonds. The van der Waals surface area contributed by atoms with Gasteiger partial charge in [0.2, 0.25) is 0 Å². The van der Waals surface area contributed by atoms with Gasteiger partial charge in [0.15, 0.2) is 0 Å². The minimum absolute atomic E-state index is 0.0777. The quantitative estimate of drug-likeness (QED) is 0.868. The van der Waals surface area contributed by atoms with Crippen molar-refractivity contribution < 1.29 is 9.84 Å². The van der Waals surface area contributed by atoms with Crippen molar-refractivity contribution in [1.82, 2.24) is 9.78 Å². The highest BCUT2D eigenvalue weighted by molar-refractivity contribution is 5.38.